The van der Waals surface area contributed by atoms with Gasteiger partial charge < -0.3 is 5.32 Å². The van der Waals surface area contributed by atoms with Gasteiger partial charge in [0.25, 0.3) is 17.7 Å². The van der Waals surface area contributed by atoms with Crippen molar-refractivity contribution in [2.45, 2.75) is 0 Å². The van der Waals surface area contributed by atoms with Crippen molar-refractivity contribution in [3.05, 3.63) is 55.6 Å². The number of benzene rings is 1. The standard InChI is InChI=1S/C14H11BrClN3O3S/c15-11-6-5-10(23-11)14(22)19-18-12(20)7-17-13(21)8-3-1-2-4-9(8)16/h1-6H,7H2,(H,17,21)(H,18,20)(H,19,22). The summed E-state index contributed by atoms with van der Waals surface area (Å²) < 4.78 is 0.806. The Kier molecular flexibility index (Phi) is 6.14. The van der Waals surface area contributed by atoms with Crippen LogP contribution in [0, 0.1) is 0 Å². The molecular formula is C14H11BrClN3O3S. The van der Waals surface area contributed by atoms with Crippen molar-refractivity contribution in [3.63, 3.8) is 0 Å². The number of halogens is 2. The van der Waals surface area contributed by atoms with E-state index in [-0.39, 0.29) is 12.1 Å². The molecule has 23 heavy (non-hydrogen) atoms. The molecule has 0 atom stereocenters. The minimum Gasteiger partial charge on any atom is -0.343 e. The molecule has 0 saturated carbocycles. The molecule has 3 amide bonds. The Morgan fingerprint density at radius 2 is 1.78 bits per heavy atom. The highest BCUT2D eigenvalue weighted by Gasteiger charge is 2.12. The van der Waals surface area contributed by atoms with E-state index in [1.165, 1.54) is 11.3 Å². The number of hydrogen-bond donors (Lipinski definition) is 3. The molecule has 0 bridgehead atoms. The summed E-state index contributed by atoms with van der Waals surface area (Å²) in [5.74, 6) is -1.47. The van der Waals surface area contributed by atoms with Crippen LogP contribution in [0.1, 0.15) is 20.0 Å². The number of carbonyl (C=O) groups is 3. The van der Waals surface area contributed by atoms with Gasteiger partial charge in [0.05, 0.1) is 25.8 Å². The van der Waals surface area contributed by atoms with Gasteiger partial charge in [-0.3, -0.25) is 25.2 Å². The summed E-state index contributed by atoms with van der Waals surface area (Å²) in [5, 5.41) is 2.71. The van der Waals surface area contributed by atoms with E-state index in [9.17, 15) is 14.4 Å². The number of amides is 3. The molecule has 1 heterocycles. The van der Waals surface area contributed by atoms with Crippen LogP contribution >= 0.6 is 38.9 Å². The van der Waals surface area contributed by atoms with Gasteiger partial charge in [0.2, 0.25) is 0 Å². The molecule has 0 aliphatic carbocycles. The van der Waals surface area contributed by atoms with Gasteiger partial charge >= 0.3 is 0 Å². The molecule has 0 spiro atoms. The maximum absolute atomic E-state index is 11.9. The van der Waals surface area contributed by atoms with Crippen molar-refractivity contribution < 1.29 is 14.4 Å². The monoisotopic (exact) mass is 415 g/mol. The highest BCUT2D eigenvalue weighted by molar-refractivity contribution is 9.11. The zero-order valence-electron chi connectivity index (χ0n) is 11.6. The normalized spacial score (nSPS) is 10.0. The Bertz CT molecular complexity index is 750. The van der Waals surface area contributed by atoms with Crippen LogP contribution in [0.25, 0.3) is 0 Å². The molecule has 0 aliphatic heterocycles. The maximum atomic E-state index is 11.9. The van der Waals surface area contributed by atoms with Gasteiger partial charge in [-0.1, -0.05) is 23.7 Å². The minimum atomic E-state index is -0.561. The average molecular weight is 417 g/mol. The molecule has 9 heteroatoms. The van der Waals surface area contributed by atoms with Crippen LogP contribution in [0.3, 0.4) is 0 Å². The molecule has 120 valence electrons. The molecule has 2 rings (SSSR count). The van der Waals surface area contributed by atoms with Crippen molar-refractivity contribution >= 4 is 56.6 Å². The number of hydrogen-bond acceptors (Lipinski definition) is 4. The zero-order chi connectivity index (χ0) is 16.8. The maximum Gasteiger partial charge on any atom is 0.279 e. The summed E-state index contributed by atoms with van der Waals surface area (Å²) in [5.41, 5.74) is 4.75. The molecule has 3 N–H and O–H groups in total. The van der Waals surface area contributed by atoms with Crippen LogP contribution in [-0.2, 0) is 4.79 Å². The van der Waals surface area contributed by atoms with Crippen LogP contribution in [0.2, 0.25) is 5.02 Å². The predicted octanol–water partition coefficient (Wildman–Crippen LogP) is 2.36. The first kappa shape index (κ1) is 17.5. The van der Waals surface area contributed by atoms with Crippen LogP contribution < -0.4 is 16.2 Å². The fourth-order valence-corrected chi connectivity index (χ4v) is 3.07. The van der Waals surface area contributed by atoms with Crippen LogP contribution in [-0.4, -0.2) is 24.3 Å². The lowest BCUT2D eigenvalue weighted by molar-refractivity contribution is -0.120. The second kappa shape index (κ2) is 8.09. The third kappa shape index (κ3) is 5.05. The Hall–Kier alpha value is -1.90. The van der Waals surface area contributed by atoms with E-state index < -0.39 is 17.7 Å². The van der Waals surface area contributed by atoms with Gasteiger partial charge in [0.1, 0.15) is 0 Å². The van der Waals surface area contributed by atoms with E-state index in [1.807, 2.05) is 0 Å². The molecule has 2 aromatic rings. The number of nitrogens with one attached hydrogen (secondary N) is 3. The summed E-state index contributed by atoms with van der Waals surface area (Å²) >= 11 is 10.4. The summed E-state index contributed by atoms with van der Waals surface area (Å²) in [6.07, 6.45) is 0. The fraction of sp³-hybridized carbons (Fsp3) is 0.0714. The van der Waals surface area contributed by atoms with Crippen molar-refractivity contribution in [2.24, 2.45) is 0 Å². The second-order valence-electron chi connectivity index (χ2n) is 4.27. The van der Waals surface area contributed by atoms with Crippen LogP contribution in [0.15, 0.2) is 40.2 Å². The predicted molar refractivity (Wildman–Crippen MR) is 91.4 cm³/mol. The Morgan fingerprint density at radius 1 is 1.04 bits per heavy atom. The molecule has 0 radical (unpaired) electrons. The van der Waals surface area contributed by atoms with Crippen LogP contribution in [0.5, 0.6) is 0 Å². The molecule has 0 fully saturated rings. The highest BCUT2D eigenvalue weighted by atomic mass is 79.9. The number of hydrazine groups is 1. The van der Waals surface area contributed by atoms with Crippen LogP contribution in [0.4, 0.5) is 0 Å². The lowest BCUT2D eigenvalue weighted by Crippen LogP contribution is -2.46. The first-order chi connectivity index (χ1) is 11.0. The fourth-order valence-electron chi connectivity index (χ4n) is 1.57. The van der Waals surface area contributed by atoms with E-state index in [0.717, 1.165) is 3.79 Å². The highest BCUT2D eigenvalue weighted by Crippen LogP contribution is 2.21. The smallest absolute Gasteiger partial charge is 0.279 e. The van der Waals surface area contributed by atoms with Gasteiger partial charge in [0, 0.05) is 0 Å². The lowest BCUT2D eigenvalue weighted by Gasteiger charge is -2.08. The summed E-state index contributed by atoms with van der Waals surface area (Å²) in [4.78, 5) is 35.7. The molecule has 0 unspecified atom stereocenters. The number of carbonyl (C=O) groups excluding carboxylic acids is 3. The van der Waals surface area contributed by atoms with Crippen molar-refractivity contribution in [2.75, 3.05) is 6.54 Å². The van der Waals surface area contributed by atoms with E-state index in [1.54, 1.807) is 36.4 Å². The third-order valence-corrected chi connectivity index (χ3v) is 4.59. The Balaban J connectivity index is 1.78. The lowest BCUT2D eigenvalue weighted by atomic mass is 10.2. The van der Waals surface area contributed by atoms with Gasteiger partial charge in [0.15, 0.2) is 0 Å². The molecule has 0 aliphatic rings. The second-order valence-corrected chi connectivity index (χ2v) is 7.14. The summed E-state index contributed by atoms with van der Waals surface area (Å²) in [7, 11) is 0. The zero-order valence-corrected chi connectivity index (χ0v) is 14.7. The quantitative estimate of drug-likeness (QED) is 0.669. The van der Waals surface area contributed by atoms with E-state index in [0.29, 0.717) is 9.90 Å². The first-order valence-electron chi connectivity index (χ1n) is 6.34. The molecule has 6 nitrogen and oxygen atoms in total. The van der Waals surface area contributed by atoms with Crippen molar-refractivity contribution in [1.29, 1.82) is 0 Å². The molecule has 1 aromatic heterocycles. The molecule has 0 saturated heterocycles. The Morgan fingerprint density at radius 3 is 2.43 bits per heavy atom. The van der Waals surface area contributed by atoms with E-state index in [4.69, 9.17) is 11.6 Å². The SMILES string of the molecule is O=C(CNC(=O)c1ccccc1Cl)NNC(=O)c1ccc(Br)s1. The average Bonchev–Trinajstić information content (AvgIpc) is 2.97. The number of thiophene rings is 1. The van der Waals surface area contributed by atoms with Gasteiger partial charge in [-0.25, -0.2) is 0 Å². The van der Waals surface area contributed by atoms with Gasteiger partial charge in [-0.05, 0) is 40.2 Å². The number of rotatable bonds is 4. The van der Waals surface area contributed by atoms with Gasteiger partial charge in [-0.15, -0.1) is 11.3 Å². The third-order valence-electron chi connectivity index (χ3n) is 2.64. The van der Waals surface area contributed by atoms with E-state index in [2.05, 4.69) is 32.1 Å². The summed E-state index contributed by atoms with van der Waals surface area (Å²) in [6.45, 7) is -0.293. The van der Waals surface area contributed by atoms with Gasteiger partial charge in [-0.2, -0.15) is 0 Å². The minimum absolute atomic E-state index is 0.273. The van der Waals surface area contributed by atoms with Crippen molar-refractivity contribution in [3.8, 4) is 0 Å². The van der Waals surface area contributed by atoms with Crippen molar-refractivity contribution in [1.82, 2.24) is 16.2 Å². The molecule has 1 aromatic carbocycles. The topological polar surface area (TPSA) is 87.3 Å². The van der Waals surface area contributed by atoms with E-state index >= 15 is 0 Å². The molecular weight excluding hydrogens is 406 g/mol. The Labute approximate surface area is 149 Å². The first-order valence-corrected chi connectivity index (χ1v) is 8.33. The largest absolute Gasteiger partial charge is 0.343 e. The summed E-state index contributed by atoms with van der Waals surface area (Å²) in [6, 6.07) is 9.84.